The van der Waals surface area contributed by atoms with Crippen LogP contribution in [0.4, 0.5) is 15.1 Å². The first-order valence-electron chi connectivity index (χ1n) is 22.5. The van der Waals surface area contributed by atoms with Crippen molar-refractivity contribution >= 4 is 80.0 Å². The number of amides is 3. The fourth-order valence-electron chi connectivity index (χ4n) is 8.69. The van der Waals surface area contributed by atoms with E-state index in [0.717, 1.165) is 41.3 Å². The number of fused-ring (bicyclic) bond motifs is 1. The molecule has 2 saturated heterocycles. The third kappa shape index (κ3) is 11.3. The van der Waals surface area contributed by atoms with Gasteiger partial charge in [-0.15, -0.1) is 11.3 Å². The summed E-state index contributed by atoms with van der Waals surface area (Å²) in [5, 5.41) is 8.41. The molecule has 0 spiro atoms. The van der Waals surface area contributed by atoms with E-state index >= 15 is 0 Å². The third-order valence-corrected chi connectivity index (χ3v) is 14.2. The Bertz CT molecular complexity index is 2680. The fraction of sp³-hybridized carbons (Fsp3) is 0.426. The Kier molecular flexibility index (Phi) is 15.2. The van der Waals surface area contributed by atoms with Crippen LogP contribution in [0.5, 0.6) is 5.75 Å². The summed E-state index contributed by atoms with van der Waals surface area (Å²) >= 11 is 13.8. The molecule has 6 heterocycles. The molecule has 3 aliphatic rings. The maximum absolute atomic E-state index is 14.2. The average molecular weight is 976 g/mol. The summed E-state index contributed by atoms with van der Waals surface area (Å²) in [6, 6.07) is 12.2. The molecule has 2 aromatic carbocycles. The maximum Gasteiger partial charge on any atom is 0.409 e. The van der Waals surface area contributed by atoms with Crippen LogP contribution in [0.25, 0.3) is 27.0 Å². The van der Waals surface area contributed by atoms with E-state index in [-0.39, 0.29) is 41.9 Å². The second-order valence-electron chi connectivity index (χ2n) is 16.8. The second kappa shape index (κ2) is 21.4. The number of carbonyl (C=O) groups excluding carboxylic acids is 3. The van der Waals surface area contributed by atoms with Gasteiger partial charge in [0, 0.05) is 78.6 Å². The standard InChI is InChI=1S/C47H53Cl2FN10O6S/c1-3-53-44(62)38-23-34-42(56-46(52)57-45(34)67-38)29-5-4-6-33(21-29)64-19-13-28-9-15-58(16-10-28)39(61)14-20-65-47(63)59-17-11-32(12-18-59)60-26-31(25-55-60)30-22-37(43(51)54-24-30)66-27(2)40-35(48)7-8-36(50)41(40)49/h4-8,21,23-28,32,37H,3,9-20,22H2,1-2H3,(H2,51,54)(H,53,62)(H2,52,56,57)/t27-,37?/m1/s1. The zero-order chi connectivity index (χ0) is 47.2. The highest BCUT2D eigenvalue weighted by Crippen LogP contribution is 2.38. The molecule has 67 heavy (non-hydrogen) atoms. The van der Waals surface area contributed by atoms with E-state index in [1.807, 2.05) is 47.0 Å². The monoisotopic (exact) mass is 974 g/mol. The Hall–Kier alpha value is -5.82. The van der Waals surface area contributed by atoms with Crippen LogP contribution >= 0.6 is 34.5 Å². The number of likely N-dealkylation sites (tertiary alicyclic amines) is 2. The number of aliphatic imine (C=N–C) groups is 1. The molecule has 3 aliphatic heterocycles. The summed E-state index contributed by atoms with van der Waals surface area (Å²) in [5.74, 6) is 0.768. The summed E-state index contributed by atoms with van der Waals surface area (Å²) in [5.41, 5.74) is 15.8. The Morgan fingerprint density at radius 2 is 1.76 bits per heavy atom. The predicted octanol–water partition coefficient (Wildman–Crippen LogP) is 8.45. The molecule has 0 bridgehead atoms. The molecule has 0 radical (unpaired) electrons. The van der Waals surface area contributed by atoms with Gasteiger partial charge < -0.3 is 40.8 Å². The molecule has 3 amide bonds. The van der Waals surface area contributed by atoms with Crippen molar-refractivity contribution in [3.8, 4) is 17.0 Å². The van der Waals surface area contributed by atoms with Gasteiger partial charge in [-0.3, -0.25) is 14.3 Å². The predicted molar refractivity (Wildman–Crippen MR) is 257 cm³/mol. The lowest BCUT2D eigenvalue weighted by Crippen LogP contribution is -2.41. The van der Waals surface area contributed by atoms with Crippen molar-refractivity contribution in [2.45, 2.75) is 77.0 Å². The highest BCUT2D eigenvalue weighted by Gasteiger charge is 2.30. The van der Waals surface area contributed by atoms with Crippen LogP contribution in [0.1, 0.15) is 91.7 Å². The number of hydrogen-bond donors (Lipinski definition) is 3. The van der Waals surface area contributed by atoms with Crippen LogP contribution in [0.2, 0.25) is 10.0 Å². The smallest absolute Gasteiger partial charge is 0.409 e. The molecule has 5 aromatic rings. The Morgan fingerprint density at radius 1 is 0.985 bits per heavy atom. The lowest BCUT2D eigenvalue weighted by molar-refractivity contribution is -0.133. The topological polar surface area (TPSA) is 205 Å². The van der Waals surface area contributed by atoms with Gasteiger partial charge in [-0.1, -0.05) is 35.3 Å². The largest absolute Gasteiger partial charge is 0.494 e. The normalized spacial score (nSPS) is 17.5. The second-order valence-corrected chi connectivity index (χ2v) is 18.7. The Balaban J connectivity index is 0.728. The molecular formula is C47H53Cl2FN10O6S. The number of nitrogen functional groups attached to an aromatic ring is 1. The molecule has 16 nitrogen and oxygen atoms in total. The van der Waals surface area contributed by atoms with Crippen molar-refractivity contribution < 1.29 is 33.0 Å². The number of nitrogens with two attached hydrogens (primary N) is 2. The zero-order valence-electron chi connectivity index (χ0n) is 37.3. The minimum Gasteiger partial charge on any atom is -0.494 e. The van der Waals surface area contributed by atoms with E-state index in [1.165, 1.54) is 23.5 Å². The van der Waals surface area contributed by atoms with E-state index in [9.17, 15) is 18.8 Å². The number of rotatable bonds is 15. The lowest BCUT2D eigenvalue weighted by Gasteiger charge is -2.32. The molecule has 2 fully saturated rings. The lowest BCUT2D eigenvalue weighted by atomic mass is 9.94. The van der Waals surface area contributed by atoms with Crippen LogP contribution in [-0.2, 0) is 14.3 Å². The number of nitrogens with zero attached hydrogens (tertiary/aromatic N) is 7. The number of halogens is 3. The number of amidine groups is 1. The number of carbonyl (C=O) groups is 3. The van der Waals surface area contributed by atoms with Crippen LogP contribution < -0.4 is 21.5 Å². The minimum absolute atomic E-state index is 0.0232. The van der Waals surface area contributed by atoms with Gasteiger partial charge in [0.2, 0.25) is 11.9 Å². The van der Waals surface area contributed by atoms with Gasteiger partial charge in [0.05, 0.1) is 47.0 Å². The van der Waals surface area contributed by atoms with E-state index in [0.29, 0.717) is 102 Å². The average Bonchev–Trinajstić information content (AvgIpc) is 4.00. The first-order valence-corrected chi connectivity index (χ1v) is 24.1. The summed E-state index contributed by atoms with van der Waals surface area (Å²) < 4.78 is 34.0. The molecule has 0 aliphatic carbocycles. The molecule has 20 heteroatoms. The van der Waals surface area contributed by atoms with E-state index in [1.54, 1.807) is 30.3 Å². The maximum atomic E-state index is 14.2. The molecule has 0 saturated carbocycles. The van der Waals surface area contributed by atoms with Crippen LogP contribution in [0.15, 0.2) is 66.1 Å². The fourth-order valence-corrected chi connectivity index (χ4v) is 10.3. The van der Waals surface area contributed by atoms with Gasteiger partial charge in [-0.2, -0.15) is 5.10 Å². The number of anilines is 1. The molecule has 2 atom stereocenters. The SMILES string of the molecule is CCNC(=O)c1cc2c(-c3cccc(OCCC4CCN(C(=O)CCOC(=O)N5CCC(n6cc(C7=CN=C(N)C(O[C@H](C)c8c(Cl)ccc(F)c8Cl)C7)cn6)CC5)CC4)c3)nc(N)nc2s1. The minimum atomic E-state index is -0.647. The first kappa shape index (κ1) is 47.7. The molecule has 8 rings (SSSR count). The van der Waals surface area contributed by atoms with Gasteiger partial charge in [0.15, 0.2) is 0 Å². The number of nitrogens with one attached hydrogen (secondary N) is 1. The molecule has 1 unspecified atom stereocenters. The number of aromatic nitrogens is 4. The van der Waals surface area contributed by atoms with E-state index in [2.05, 4.69) is 25.4 Å². The van der Waals surface area contributed by atoms with Crippen molar-refractivity contribution in [3.63, 3.8) is 0 Å². The van der Waals surface area contributed by atoms with Gasteiger partial charge in [0.1, 0.15) is 34.9 Å². The van der Waals surface area contributed by atoms with Crippen molar-refractivity contribution in [3.05, 3.63) is 92.9 Å². The van der Waals surface area contributed by atoms with Gasteiger partial charge in [0.25, 0.3) is 5.91 Å². The van der Waals surface area contributed by atoms with Crippen LogP contribution in [0, 0.1) is 11.7 Å². The first-order chi connectivity index (χ1) is 32.3. The third-order valence-electron chi connectivity index (χ3n) is 12.4. The molecule has 354 valence electrons. The van der Waals surface area contributed by atoms with Gasteiger partial charge in [-0.05, 0) is 87.8 Å². The summed E-state index contributed by atoms with van der Waals surface area (Å²) in [4.78, 5) is 56.5. The van der Waals surface area contributed by atoms with Crippen molar-refractivity contribution in [1.29, 1.82) is 0 Å². The Labute approximate surface area is 401 Å². The van der Waals surface area contributed by atoms with E-state index in [4.69, 9.17) is 48.9 Å². The zero-order valence-corrected chi connectivity index (χ0v) is 39.6. The summed E-state index contributed by atoms with van der Waals surface area (Å²) in [7, 11) is 0. The highest BCUT2D eigenvalue weighted by atomic mass is 35.5. The Morgan fingerprint density at radius 3 is 2.54 bits per heavy atom. The van der Waals surface area contributed by atoms with E-state index < -0.39 is 24.1 Å². The van der Waals surface area contributed by atoms with Crippen molar-refractivity contribution in [2.75, 3.05) is 51.7 Å². The molecular weight excluding hydrogens is 923 g/mol. The van der Waals surface area contributed by atoms with Gasteiger partial charge >= 0.3 is 6.09 Å². The number of thiophene rings is 1. The number of ether oxygens (including phenoxy) is 3. The number of benzene rings is 2. The van der Waals surface area contributed by atoms with Crippen LogP contribution in [0.3, 0.4) is 0 Å². The highest BCUT2D eigenvalue weighted by molar-refractivity contribution is 7.20. The van der Waals surface area contributed by atoms with Gasteiger partial charge in [-0.25, -0.2) is 24.1 Å². The number of piperidine rings is 2. The molecule has 5 N–H and O–H groups in total. The van der Waals surface area contributed by atoms with Crippen molar-refractivity contribution in [2.24, 2.45) is 16.6 Å². The summed E-state index contributed by atoms with van der Waals surface area (Å²) in [6.45, 7) is 6.96. The quantitative estimate of drug-likeness (QED) is 0.0849. The molecule has 3 aromatic heterocycles. The number of hydrogen-bond acceptors (Lipinski definition) is 13. The van der Waals surface area contributed by atoms with Crippen molar-refractivity contribution in [1.82, 2.24) is 34.9 Å². The summed E-state index contributed by atoms with van der Waals surface area (Å²) in [6.07, 6.45) is 8.27. The van der Waals surface area contributed by atoms with Crippen LogP contribution in [-0.4, -0.2) is 105 Å².